The predicted molar refractivity (Wildman–Crippen MR) is 107 cm³/mol. The number of nitrogens with zero attached hydrogens (tertiary/aromatic N) is 5. The van der Waals surface area contributed by atoms with E-state index >= 15 is 0 Å². The molecule has 1 aromatic carbocycles. The lowest BCUT2D eigenvalue weighted by atomic mass is 10.0. The number of hydrogen-bond donors (Lipinski definition) is 1. The molecule has 9 heteroatoms. The molecule has 1 unspecified atom stereocenters. The first-order valence-electron chi connectivity index (χ1n) is 9.23. The topological polar surface area (TPSA) is 110 Å². The average Bonchev–Trinajstić information content (AvgIpc) is 3.05. The number of fused-ring (bicyclic) bond motifs is 5. The Morgan fingerprint density at radius 3 is 2.83 bits per heavy atom. The number of nitrogen functional groups attached to an aromatic ring is 1. The number of pyridine rings is 1. The first-order chi connectivity index (χ1) is 14.3. The smallest absolute Gasteiger partial charge is 0.275 e. The molecule has 0 fully saturated rings. The quantitative estimate of drug-likeness (QED) is 0.615. The highest BCUT2D eigenvalue weighted by molar-refractivity contribution is 6.00. The maximum Gasteiger partial charge on any atom is 0.275 e. The Kier molecular flexibility index (Phi) is 4.62. The molecule has 4 rings (SSSR count). The first kappa shape index (κ1) is 19.4. The number of halogens is 1. The van der Waals surface area contributed by atoms with E-state index in [2.05, 4.69) is 16.2 Å². The molecular weight excluding hydrogens is 387 g/mol. The van der Waals surface area contributed by atoms with Gasteiger partial charge in [-0.05, 0) is 36.2 Å². The summed E-state index contributed by atoms with van der Waals surface area (Å²) in [5.74, 6) is -0.357. The van der Waals surface area contributed by atoms with Crippen molar-refractivity contribution in [1.82, 2.24) is 19.7 Å². The van der Waals surface area contributed by atoms with Crippen molar-refractivity contribution >= 4 is 11.7 Å². The minimum atomic E-state index is -0.554. The predicted octanol–water partition coefficient (Wildman–Crippen LogP) is 2.80. The average molecular weight is 406 g/mol. The molecule has 2 bridgehead atoms. The zero-order chi connectivity index (χ0) is 21.6. The van der Waals surface area contributed by atoms with Gasteiger partial charge >= 0.3 is 0 Å². The van der Waals surface area contributed by atoms with Crippen molar-refractivity contribution < 1.29 is 13.9 Å². The third-order valence-electron chi connectivity index (χ3n) is 5.13. The van der Waals surface area contributed by atoms with Crippen molar-refractivity contribution in [3.8, 4) is 22.9 Å². The van der Waals surface area contributed by atoms with Crippen LogP contribution < -0.4 is 10.5 Å². The molecule has 3 heterocycles. The van der Waals surface area contributed by atoms with Crippen LogP contribution in [0.25, 0.3) is 11.1 Å². The fraction of sp³-hybridized carbons (Fsp3) is 0.238. The molecule has 2 aromatic heterocycles. The Morgan fingerprint density at radius 2 is 2.10 bits per heavy atom. The minimum Gasteiger partial charge on any atom is -0.482 e. The summed E-state index contributed by atoms with van der Waals surface area (Å²) < 4.78 is 21.4. The highest BCUT2D eigenvalue weighted by atomic mass is 19.1. The van der Waals surface area contributed by atoms with Gasteiger partial charge in [0.05, 0.1) is 5.56 Å². The number of carbonyl (C=O) groups excluding carboxylic acids is 1. The van der Waals surface area contributed by atoms with Crippen molar-refractivity contribution in [2.75, 3.05) is 12.8 Å². The number of hydrogen-bond acceptors (Lipinski definition) is 6. The Balaban J connectivity index is 1.99. The molecule has 1 amide bonds. The van der Waals surface area contributed by atoms with Gasteiger partial charge in [0, 0.05) is 32.4 Å². The summed E-state index contributed by atoms with van der Waals surface area (Å²) in [5, 5.41) is 13.9. The maximum atomic E-state index is 14.0. The fourth-order valence-electron chi connectivity index (χ4n) is 3.61. The third kappa shape index (κ3) is 3.12. The van der Waals surface area contributed by atoms with Crippen LogP contribution in [-0.2, 0) is 13.6 Å². The van der Waals surface area contributed by atoms with Gasteiger partial charge in [-0.2, -0.15) is 10.4 Å². The summed E-state index contributed by atoms with van der Waals surface area (Å²) in [4.78, 5) is 18.9. The fourth-order valence-corrected chi connectivity index (χ4v) is 3.61. The van der Waals surface area contributed by atoms with Gasteiger partial charge in [0.25, 0.3) is 5.91 Å². The molecule has 8 nitrogen and oxygen atoms in total. The number of rotatable bonds is 0. The lowest BCUT2D eigenvalue weighted by molar-refractivity contribution is 0.0777. The number of anilines is 1. The Morgan fingerprint density at radius 1 is 1.33 bits per heavy atom. The van der Waals surface area contributed by atoms with E-state index in [0.717, 1.165) is 5.56 Å². The molecule has 1 aliphatic rings. The largest absolute Gasteiger partial charge is 0.482 e. The summed E-state index contributed by atoms with van der Waals surface area (Å²) in [6.45, 7) is 1.98. The van der Waals surface area contributed by atoms with E-state index in [4.69, 9.17) is 10.5 Å². The van der Waals surface area contributed by atoms with Gasteiger partial charge in [-0.15, -0.1) is 0 Å². The number of ether oxygens (including phenoxy) is 1. The van der Waals surface area contributed by atoms with E-state index in [-0.39, 0.29) is 35.4 Å². The van der Waals surface area contributed by atoms with Crippen LogP contribution in [-0.4, -0.2) is 32.6 Å². The zero-order valence-corrected chi connectivity index (χ0v) is 16.7. The van der Waals surface area contributed by atoms with Gasteiger partial charge in [-0.3, -0.25) is 9.48 Å². The molecule has 30 heavy (non-hydrogen) atoms. The van der Waals surface area contributed by atoms with Crippen molar-refractivity contribution in [3.63, 3.8) is 0 Å². The molecule has 1 atom stereocenters. The zero-order valence-electron chi connectivity index (χ0n) is 16.7. The molecule has 152 valence electrons. The van der Waals surface area contributed by atoms with Crippen molar-refractivity contribution in [1.29, 1.82) is 5.26 Å². The molecule has 0 saturated heterocycles. The van der Waals surface area contributed by atoms with E-state index in [1.165, 1.54) is 27.9 Å². The Labute approximate surface area is 172 Å². The van der Waals surface area contributed by atoms with Crippen LogP contribution in [0.15, 0.2) is 30.5 Å². The lowest BCUT2D eigenvalue weighted by Crippen LogP contribution is -2.28. The number of aromatic nitrogens is 3. The summed E-state index contributed by atoms with van der Waals surface area (Å²) in [6, 6.07) is 8.06. The number of carbonyl (C=O) groups is 1. The van der Waals surface area contributed by atoms with Gasteiger partial charge in [0.1, 0.15) is 23.7 Å². The number of aryl methyl sites for hydroxylation is 1. The third-order valence-corrected chi connectivity index (χ3v) is 5.13. The normalized spacial score (nSPS) is 15.9. The number of benzene rings is 1. The lowest BCUT2D eigenvalue weighted by Gasteiger charge is -2.24. The van der Waals surface area contributed by atoms with Gasteiger partial charge in [-0.25, -0.2) is 9.37 Å². The SMILES string of the molecule is CC1Oc2cc(cnc2N)-c2c(nn(C)c2C#N)C(=O)N(C)Cc2ccc(F)cc21. The number of amides is 1. The molecular formula is C21H19FN6O2. The van der Waals surface area contributed by atoms with E-state index in [1.807, 2.05) is 0 Å². The summed E-state index contributed by atoms with van der Waals surface area (Å²) in [5.41, 5.74) is 8.50. The van der Waals surface area contributed by atoms with E-state index in [0.29, 0.717) is 16.7 Å². The molecule has 1 aliphatic heterocycles. The van der Waals surface area contributed by atoms with Crippen molar-refractivity contribution in [2.45, 2.75) is 19.6 Å². The molecule has 3 aromatic rings. The maximum absolute atomic E-state index is 14.0. The first-order valence-corrected chi connectivity index (χ1v) is 9.23. The van der Waals surface area contributed by atoms with Crippen LogP contribution in [0.3, 0.4) is 0 Å². The van der Waals surface area contributed by atoms with Gasteiger partial charge in [0.15, 0.2) is 17.3 Å². The Hall–Kier alpha value is -3.93. The summed E-state index contributed by atoms with van der Waals surface area (Å²) in [7, 11) is 3.23. The van der Waals surface area contributed by atoms with Crippen LogP contribution in [0.1, 0.15) is 40.3 Å². The molecule has 0 spiro atoms. The van der Waals surface area contributed by atoms with Crippen LogP contribution >= 0.6 is 0 Å². The molecule has 0 saturated carbocycles. The van der Waals surface area contributed by atoms with Crippen molar-refractivity contribution in [2.24, 2.45) is 7.05 Å². The summed E-state index contributed by atoms with van der Waals surface area (Å²) >= 11 is 0. The van der Waals surface area contributed by atoms with Crippen LogP contribution in [0, 0.1) is 17.1 Å². The van der Waals surface area contributed by atoms with E-state index in [9.17, 15) is 14.4 Å². The van der Waals surface area contributed by atoms with Crippen LogP contribution in [0.2, 0.25) is 0 Å². The second kappa shape index (κ2) is 7.15. The highest BCUT2D eigenvalue weighted by Gasteiger charge is 2.28. The van der Waals surface area contributed by atoms with Gasteiger partial charge < -0.3 is 15.4 Å². The van der Waals surface area contributed by atoms with Crippen molar-refractivity contribution in [3.05, 3.63) is 58.8 Å². The molecule has 2 N–H and O–H groups in total. The molecule has 0 radical (unpaired) electrons. The standard InChI is InChI=1S/C21H19FN6O2/c1-11-15-7-14(22)5-4-12(15)10-27(2)21(29)19-18(16(8-23)28(3)26-19)13-6-17(30-11)20(24)25-9-13/h4-7,9,11H,10H2,1-3H3,(H2,24,25). The molecule has 0 aliphatic carbocycles. The second-order valence-corrected chi connectivity index (χ2v) is 7.18. The van der Waals surface area contributed by atoms with Crippen LogP contribution in [0.5, 0.6) is 5.75 Å². The Bertz CT molecular complexity index is 1210. The number of nitrogens with two attached hydrogens (primary N) is 1. The minimum absolute atomic E-state index is 0.117. The van der Waals surface area contributed by atoms with Gasteiger partial charge in [0.2, 0.25) is 0 Å². The van der Waals surface area contributed by atoms with Crippen LogP contribution in [0.4, 0.5) is 10.2 Å². The highest BCUT2D eigenvalue weighted by Crippen LogP contribution is 2.35. The summed E-state index contributed by atoms with van der Waals surface area (Å²) in [6.07, 6.45) is 0.919. The van der Waals surface area contributed by atoms with E-state index in [1.54, 1.807) is 33.2 Å². The second-order valence-electron chi connectivity index (χ2n) is 7.18. The monoisotopic (exact) mass is 406 g/mol. The van der Waals surface area contributed by atoms with E-state index < -0.39 is 11.9 Å². The number of nitriles is 1. The van der Waals surface area contributed by atoms with Gasteiger partial charge in [-0.1, -0.05) is 6.07 Å².